The van der Waals surface area contributed by atoms with Crippen LogP contribution in [-0.4, -0.2) is 36.6 Å². The van der Waals surface area contributed by atoms with Gasteiger partial charge in [0.05, 0.1) is 13.2 Å². The van der Waals surface area contributed by atoms with E-state index in [2.05, 4.69) is 26.0 Å². The third-order valence-corrected chi connectivity index (χ3v) is 4.27. The van der Waals surface area contributed by atoms with Gasteiger partial charge in [0.15, 0.2) is 0 Å². The van der Waals surface area contributed by atoms with Crippen molar-refractivity contribution < 1.29 is 19.7 Å². The highest BCUT2D eigenvalue weighted by Crippen LogP contribution is 2.40. The number of rotatable bonds is 9. The summed E-state index contributed by atoms with van der Waals surface area (Å²) in [6, 6.07) is 15.9. The van der Waals surface area contributed by atoms with Crippen molar-refractivity contribution in [1.29, 1.82) is 0 Å². The predicted molar refractivity (Wildman–Crippen MR) is 94.9 cm³/mol. The quantitative estimate of drug-likeness (QED) is 0.740. The van der Waals surface area contributed by atoms with Crippen LogP contribution in [0.3, 0.4) is 0 Å². The Labute approximate surface area is 143 Å². The van der Waals surface area contributed by atoms with Crippen molar-refractivity contribution in [2.75, 3.05) is 26.4 Å². The normalized spacial score (nSPS) is 13.3. The van der Waals surface area contributed by atoms with Crippen LogP contribution in [0.15, 0.2) is 48.5 Å². The summed E-state index contributed by atoms with van der Waals surface area (Å²) in [6.07, 6.45) is 0. The van der Waals surface area contributed by atoms with E-state index in [0.717, 1.165) is 22.6 Å². The first-order valence-electron chi connectivity index (χ1n) is 8.34. The lowest BCUT2D eigenvalue weighted by atomic mass is 9.83. The van der Waals surface area contributed by atoms with E-state index in [-0.39, 0.29) is 38.3 Å². The average Bonchev–Trinajstić information content (AvgIpc) is 2.64. The molecule has 2 rings (SSSR count). The molecule has 0 spiro atoms. The maximum absolute atomic E-state index is 9.00. The predicted octanol–water partition coefficient (Wildman–Crippen LogP) is 3.34. The smallest absolute Gasteiger partial charge is 0.122 e. The third kappa shape index (κ3) is 4.49. The second-order valence-electron chi connectivity index (χ2n) is 5.80. The number of para-hydroxylation sites is 2. The highest BCUT2D eigenvalue weighted by Gasteiger charge is 2.22. The SMILES string of the molecule is CC(c1ccccc1OCCO)C(C)c1ccccc1OCCO. The first kappa shape index (κ1) is 18.3. The fourth-order valence-corrected chi connectivity index (χ4v) is 2.83. The maximum Gasteiger partial charge on any atom is 0.122 e. The van der Waals surface area contributed by atoms with Gasteiger partial charge in [-0.25, -0.2) is 0 Å². The van der Waals surface area contributed by atoms with Gasteiger partial charge in [0.2, 0.25) is 0 Å². The summed E-state index contributed by atoms with van der Waals surface area (Å²) in [6.45, 7) is 4.89. The Bertz CT molecular complexity index is 571. The number of benzene rings is 2. The molecule has 4 heteroatoms. The van der Waals surface area contributed by atoms with Crippen LogP contribution in [0.25, 0.3) is 0 Å². The van der Waals surface area contributed by atoms with E-state index in [9.17, 15) is 0 Å². The maximum atomic E-state index is 9.00. The minimum atomic E-state index is -0.00387. The second-order valence-corrected chi connectivity index (χ2v) is 5.80. The Morgan fingerprint density at radius 1 is 0.708 bits per heavy atom. The van der Waals surface area contributed by atoms with Gasteiger partial charge in [-0.3, -0.25) is 0 Å². The molecule has 0 aliphatic carbocycles. The summed E-state index contributed by atoms with van der Waals surface area (Å²) in [5.41, 5.74) is 2.21. The number of aliphatic hydroxyl groups excluding tert-OH is 2. The molecule has 2 N–H and O–H groups in total. The van der Waals surface area contributed by atoms with E-state index >= 15 is 0 Å². The number of hydrogen-bond acceptors (Lipinski definition) is 4. The fourth-order valence-electron chi connectivity index (χ4n) is 2.83. The van der Waals surface area contributed by atoms with Crippen molar-refractivity contribution in [3.05, 3.63) is 59.7 Å². The van der Waals surface area contributed by atoms with E-state index in [1.807, 2.05) is 36.4 Å². The summed E-state index contributed by atoms with van der Waals surface area (Å²) in [5.74, 6) is 2.02. The Morgan fingerprint density at radius 3 is 1.46 bits per heavy atom. The van der Waals surface area contributed by atoms with Gasteiger partial charge in [0, 0.05) is 0 Å². The molecule has 24 heavy (non-hydrogen) atoms. The Kier molecular flexibility index (Phi) is 7.09. The van der Waals surface area contributed by atoms with E-state index < -0.39 is 0 Å². The van der Waals surface area contributed by atoms with Crippen LogP contribution in [0, 0.1) is 0 Å². The average molecular weight is 330 g/mol. The molecule has 0 aliphatic heterocycles. The van der Waals surface area contributed by atoms with Gasteiger partial charge in [-0.15, -0.1) is 0 Å². The lowest BCUT2D eigenvalue weighted by Crippen LogP contribution is -2.11. The molecule has 0 heterocycles. The molecule has 2 aromatic rings. The molecule has 0 fully saturated rings. The third-order valence-electron chi connectivity index (χ3n) is 4.27. The number of ether oxygens (including phenoxy) is 2. The molecule has 0 radical (unpaired) electrons. The standard InChI is InChI=1S/C20H26O4/c1-15(17-7-3-5-9-19(17)23-13-11-21)16(2)18-8-4-6-10-20(18)24-14-12-22/h3-10,15-16,21-22H,11-14H2,1-2H3. The summed E-state index contributed by atoms with van der Waals surface area (Å²) in [7, 11) is 0. The minimum absolute atomic E-state index is 0.00387. The molecule has 2 aromatic carbocycles. The van der Waals surface area contributed by atoms with Crippen LogP contribution in [0.2, 0.25) is 0 Å². The van der Waals surface area contributed by atoms with Crippen molar-refractivity contribution >= 4 is 0 Å². The zero-order valence-electron chi connectivity index (χ0n) is 14.3. The van der Waals surface area contributed by atoms with Gasteiger partial charge in [-0.05, 0) is 35.1 Å². The molecular weight excluding hydrogens is 304 g/mol. The molecule has 0 aromatic heterocycles. The summed E-state index contributed by atoms with van der Waals surface area (Å²) in [4.78, 5) is 0. The first-order valence-corrected chi connectivity index (χ1v) is 8.34. The van der Waals surface area contributed by atoms with Crippen LogP contribution in [-0.2, 0) is 0 Å². The van der Waals surface area contributed by atoms with Gasteiger partial charge in [0.25, 0.3) is 0 Å². The molecule has 2 atom stereocenters. The summed E-state index contributed by atoms with van der Waals surface area (Å²) in [5, 5.41) is 18.0. The molecule has 0 amide bonds. The molecular formula is C20H26O4. The van der Waals surface area contributed by atoms with E-state index in [4.69, 9.17) is 19.7 Å². The number of aliphatic hydroxyl groups is 2. The Morgan fingerprint density at radius 2 is 1.08 bits per heavy atom. The van der Waals surface area contributed by atoms with Crippen molar-refractivity contribution in [2.45, 2.75) is 25.7 Å². The lowest BCUT2D eigenvalue weighted by molar-refractivity contribution is 0.198. The van der Waals surface area contributed by atoms with Crippen molar-refractivity contribution in [3.8, 4) is 11.5 Å². The zero-order valence-corrected chi connectivity index (χ0v) is 14.3. The summed E-state index contributed by atoms with van der Waals surface area (Å²) < 4.78 is 11.3. The van der Waals surface area contributed by atoms with Crippen LogP contribution in [0.4, 0.5) is 0 Å². The molecule has 0 aliphatic rings. The van der Waals surface area contributed by atoms with Crippen LogP contribution < -0.4 is 9.47 Å². The molecule has 4 nitrogen and oxygen atoms in total. The van der Waals surface area contributed by atoms with E-state index in [0.29, 0.717) is 0 Å². The molecule has 0 saturated heterocycles. The van der Waals surface area contributed by atoms with E-state index in [1.54, 1.807) is 0 Å². The molecule has 0 bridgehead atoms. The zero-order chi connectivity index (χ0) is 17.4. The minimum Gasteiger partial charge on any atom is -0.491 e. The molecule has 130 valence electrons. The monoisotopic (exact) mass is 330 g/mol. The highest BCUT2D eigenvalue weighted by atomic mass is 16.5. The molecule has 2 unspecified atom stereocenters. The fraction of sp³-hybridized carbons (Fsp3) is 0.400. The Hall–Kier alpha value is -2.04. The van der Waals surface area contributed by atoms with Crippen molar-refractivity contribution in [3.63, 3.8) is 0 Å². The second kappa shape index (κ2) is 9.30. The van der Waals surface area contributed by atoms with Gasteiger partial charge in [-0.1, -0.05) is 50.2 Å². The van der Waals surface area contributed by atoms with Crippen molar-refractivity contribution in [2.24, 2.45) is 0 Å². The summed E-state index contributed by atoms with van der Waals surface area (Å²) >= 11 is 0. The topological polar surface area (TPSA) is 58.9 Å². The molecule has 0 saturated carbocycles. The highest BCUT2D eigenvalue weighted by molar-refractivity contribution is 5.42. The van der Waals surface area contributed by atoms with Gasteiger partial charge in [0.1, 0.15) is 24.7 Å². The van der Waals surface area contributed by atoms with Crippen molar-refractivity contribution in [1.82, 2.24) is 0 Å². The van der Waals surface area contributed by atoms with Gasteiger partial charge in [-0.2, -0.15) is 0 Å². The lowest BCUT2D eigenvalue weighted by Gasteiger charge is -2.25. The Balaban J connectivity index is 2.25. The largest absolute Gasteiger partial charge is 0.491 e. The first-order chi connectivity index (χ1) is 11.7. The number of hydrogen-bond donors (Lipinski definition) is 2. The van der Waals surface area contributed by atoms with Crippen LogP contribution in [0.5, 0.6) is 11.5 Å². The van der Waals surface area contributed by atoms with Crippen LogP contribution >= 0.6 is 0 Å². The van der Waals surface area contributed by atoms with E-state index in [1.165, 1.54) is 0 Å². The van der Waals surface area contributed by atoms with Gasteiger partial charge < -0.3 is 19.7 Å². The van der Waals surface area contributed by atoms with Gasteiger partial charge >= 0.3 is 0 Å². The van der Waals surface area contributed by atoms with Crippen LogP contribution in [0.1, 0.15) is 36.8 Å².